The minimum atomic E-state index is -0.809. The Morgan fingerprint density at radius 3 is 2.42 bits per heavy atom. The van der Waals surface area contributed by atoms with E-state index in [0.717, 1.165) is 5.56 Å². The highest BCUT2D eigenvalue weighted by atomic mass is 16.4. The number of nitrogens with zero attached hydrogens (tertiary/aromatic N) is 2. The summed E-state index contributed by atoms with van der Waals surface area (Å²) in [5.74, 6) is -1.29. The van der Waals surface area contributed by atoms with E-state index in [1.165, 1.54) is 0 Å². The number of hydrogen-bond acceptors (Lipinski definition) is 2. The van der Waals surface area contributed by atoms with E-state index in [1.807, 2.05) is 59.4 Å². The van der Waals surface area contributed by atoms with E-state index in [0.29, 0.717) is 32.5 Å². The molecule has 1 saturated heterocycles. The zero-order chi connectivity index (χ0) is 16.9. The Balaban J connectivity index is 1.61. The number of carboxylic acids is 1. The number of carbonyl (C=O) groups is 2. The Morgan fingerprint density at radius 1 is 1.04 bits per heavy atom. The lowest BCUT2D eigenvalue weighted by molar-refractivity contribution is -0.142. The maximum atomic E-state index is 12.4. The van der Waals surface area contributed by atoms with Crippen molar-refractivity contribution in [2.45, 2.75) is 19.4 Å². The van der Waals surface area contributed by atoms with Crippen LogP contribution in [0.5, 0.6) is 0 Å². The van der Waals surface area contributed by atoms with Crippen LogP contribution in [0.4, 0.5) is 0 Å². The van der Waals surface area contributed by atoms with Crippen molar-refractivity contribution in [3.63, 3.8) is 0 Å². The van der Waals surface area contributed by atoms with Gasteiger partial charge in [-0.25, -0.2) is 0 Å². The second kappa shape index (κ2) is 7.34. The molecule has 1 amide bonds. The molecule has 2 heterocycles. The van der Waals surface area contributed by atoms with Crippen molar-refractivity contribution in [3.05, 3.63) is 60.4 Å². The van der Waals surface area contributed by atoms with Gasteiger partial charge >= 0.3 is 5.97 Å². The number of benzene rings is 1. The van der Waals surface area contributed by atoms with E-state index in [4.69, 9.17) is 0 Å². The number of rotatable bonds is 6. The number of aromatic nitrogens is 1. The molecule has 5 heteroatoms. The Hall–Kier alpha value is -2.56. The Labute approximate surface area is 141 Å². The molecule has 1 N–H and O–H groups in total. The van der Waals surface area contributed by atoms with Crippen LogP contribution >= 0.6 is 0 Å². The number of carbonyl (C=O) groups excluding carboxylic acids is 1. The topological polar surface area (TPSA) is 62.5 Å². The van der Waals surface area contributed by atoms with Crippen molar-refractivity contribution in [1.82, 2.24) is 9.47 Å². The van der Waals surface area contributed by atoms with Crippen molar-refractivity contribution in [1.29, 1.82) is 0 Å². The van der Waals surface area contributed by atoms with Crippen LogP contribution in [0.3, 0.4) is 0 Å². The summed E-state index contributed by atoms with van der Waals surface area (Å²) in [6.45, 7) is 1.47. The minimum absolute atomic E-state index is 0.0274. The first-order valence-electron chi connectivity index (χ1n) is 8.29. The van der Waals surface area contributed by atoms with Crippen LogP contribution in [0.1, 0.15) is 12.0 Å². The highest BCUT2D eigenvalue weighted by molar-refractivity contribution is 5.79. The van der Waals surface area contributed by atoms with Gasteiger partial charge in [-0.05, 0) is 30.0 Å². The molecular weight excluding hydrogens is 304 g/mol. The monoisotopic (exact) mass is 326 g/mol. The zero-order valence-electron chi connectivity index (χ0n) is 13.5. The van der Waals surface area contributed by atoms with Crippen LogP contribution in [0.2, 0.25) is 0 Å². The summed E-state index contributed by atoms with van der Waals surface area (Å²) in [7, 11) is 0. The molecule has 0 spiro atoms. The van der Waals surface area contributed by atoms with Crippen molar-refractivity contribution in [2.75, 3.05) is 13.1 Å². The number of amides is 1. The van der Waals surface area contributed by atoms with Gasteiger partial charge in [0.15, 0.2) is 0 Å². The number of hydrogen-bond donors (Lipinski definition) is 1. The molecular formula is C19H22N2O3. The Morgan fingerprint density at radius 2 is 1.75 bits per heavy atom. The maximum Gasteiger partial charge on any atom is 0.308 e. The largest absolute Gasteiger partial charge is 0.481 e. The van der Waals surface area contributed by atoms with E-state index in [2.05, 4.69) is 0 Å². The summed E-state index contributed by atoms with van der Waals surface area (Å²) < 4.78 is 1.96. The molecule has 1 aromatic heterocycles. The van der Waals surface area contributed by atoms with Crippen LogP contribution in [-0.4, -0.2) is 39.5 Å². The zero-order valence-corrected chi connectivity index (χ0v) is 13.5. The van der Waals surface area contributed by atoms with Gasteiger partial charge in [-0.1, -0.05) is 30.3 Å². The molecule has 1 aliphatic rings. The fraction of sp³-hybridized carbons (Fsp3) is 0.368. The summed E-state index contributed by atoms with van der Waals surface area (Å²) >= 11 is 0. The van der Waals surface area contributed by atoms with Crippen LogP contribution in [0.25, 0.3) is 0 Å². The van der Waals surface area contributed by atoms with Gasteiger partial charge in [0.2, 0.25) is 5.91 Å². The molecule has 1 aliphatic heterocycles. The average molecular weight is 326 g/mol. The van der Waals surface area contributed by atoms with Crippen LogP contribution in [0.15, 0.2) is 54.9 Å². The molecule has 1 fully saturated rings. The van der Waals surface area contributed by atoms with Crippen LogP contribution in [-0.2, 0) is 22.6 Å². The van der Waals surface area contributed by atoms with Gasteiger partial charge in [-0.3, -0.25) is 9.59 Å². The van der Waals surface area contributed by atoms with Gasteiger partial charge in [0.1, 0.15) is 0 Å². The van der Waals surface area contributed by atoms with E-state index in [9.17, 15) is 14.7 Å². The summed E-state index contributed by atoms with van der Waals surface area (Å²) in [6, 6.07) is 13.7. The summed E-state index contributed by atoms with van der Waals surface area (Å²) in [4.78, 5) is 25.7. The quantitative estimate of drug-likeness (QED) is 0.886. The average Bonchev–Trinajstić information content (AvgIpc) is 3.23. The third-order valence-corrected chi connectivity index (χ3v) is 4.70. The fourth-order valence-electron chi connectivity index (χ4n) is 3.38. The molecule has 0 radical (unpaired) electrons. The molecule has 0 unspecified atom stereocenters. The van der Waals surface area contributed by atoms with E-state index in [-0.39, 0.29) is 11.8 Å². The molecule has 2 atom stereocenters. The molecule has 3 rings (SSSR count). The van der Waals surface area contributed by atoms with Crippen molar-refractivity contribution < 1.29 is 14.7 Å². The van der Waals surface area contributed by atoms with Crippen molar-refractivity contribution in [3.8, 4) is 0 Å². The van der Waals surface area contributed by atoms with E-state index >= 15 is 0 Å². The number of carboxylic acid groups (broad SMARTS) is 1. The number of aliphatic carboxylic acids is 1. The highest BCUT2D eigenvalue weighted by Gasteiger charge is 2.39. The lowest BCUT2D eigenvalue weighted by atomic mass is 9.90. The molecule has 0 saturated carbocycles. The van der Waals surface area contributed by atoms with Gasteiger partial charge in [0.05, 0.1) is 5.92 Å². The smallest absolute Gasteiger partial charge is 0.308 e. The first-order valence-corrected chi connectivity index (χ1v) is 8.29. The van der Waals surface area contributed by atoms with Gasteiger partial charge in [0.25, 0.3) is 0 Å². The second-order valence-electron chi connectivity index (χ2n) is 6.36. The molecule has 126 valence electrons. The first-order chi connectivity index (χ1) is 11.6. The SMILES string of the molecule is O=C(O)[C@@H]1CN(C(=O)CCn2cccc2)C[C@H]1Cc1ccccc1. The normalized spacial score (nSPS) is 20.2. The van der Waals surface area contributed by atoms with Gasteiger partial charge in [0, 0.05) is 38.4 Å². The standard InChI is InChI=1S/C19H22N2O3/c22-18(8-11-20-9-4-5-10-20)21-13-16(17(14-21)19(23)24)12-15-6-2-1-3-7-15/h1-7,9-10,16-17H,8,11-14H2,(H,23,24)/t16-,17-/m1/s1. The molecule has 2 aromatic rings. The van der Waals surface area contributed by atoms with E-state index in [1.54, 1.807) is 4.90 Å². The summed E-state index contributed by atoms with van der Waals surface area (Å²) in [5.41, 5.74) is 1.12. The molecule has 5 nitrogen and oxygen atoms in total. The first kappa shape index (κ1) is 16.3. The summed E-state index contributed by atoms with van der Waals surface area (Å²) in [6.07, 6.45) is 4.95. The molecule has 0 bridgehead atoms. The van der Waals surface area contributed by atoms with Gasteiger partial charge in [-0.15, -0.1) is 0 Å². The highest BCUT2D eigenvalue weighted by Crippen LogP contribution is 2.27. The van der Waals surface area contributed by atoms with Crippen LogP contribution in [0, 0.1) is 11.8 Å². The number of aryl methyl sites for hydroxylation is 1. The third kappa shape index (κ3) is 3.85. The molecule has 24 heavy (non-hydrogen) atoms. The second-order valence-corrected chi connectivity index (χ2v) is 6.36. The minimum Gasteiger partial charge on any atom is -0.481 e. The van der Waals surface area contributed by atoms with Crippen molar-refractivity contribution in [2.24, 2.45) is 11.8 Å². The predicted molar refractivity (Wildman–Crippen MR) is 90.4 cm³/mol. The predicted octanol–water partition coefficient (Wildman–Crippen LogP) is 2.28. The van der Waals surface area contributed by atoms with Gasteiger partial charge in [-0.2, -0.15) is 0 Å². The van der Waals surface area contributed by atoms with E-state index < -0.39 is 11.9 Å². The van der Waals surface area contributed by atoms with Gasteiger partial charge < -0.3 is 14.6 Å². The maximum absolute atomic E-state index is 12.4. The molecule has 1 aromatic carbocycles. The Kier molecular flexibility index (Phi) is 4.99. The van der Waals surface area contributed by atoms with Crippen molar-refractivity contribution >= 4 is 11.9 Å². The lowest BCUT2D eigenvalue weighted by Gasteiger charge is -2.16. The Bertz CT molecular complexity index is 682. The summed E-state index contributed by atoms with van der Waals surface area (Å²) in [5, 5.41) is 9.50. The number of likely N-dealkylation sites (tertiary alicyclic amines) is 1. The van der Waals surface area contributed by atoms with Crippen LogP contribution < -0.4 is 0 Å². The molecule has 0 aliphatic carbocycles. The lowest BCUT2D eigenvalue weighted by Crippen LogP contribution is -2.30. The third-order valence-electron chi connectivity index (χ3n) is 4.70. The fourth-order valence-corrected chi connectivity index (χ4v) is 3.38.